The van der Waals surface area contributed by atoms with Crippen LogP contribution in [0.25, 0.3) is 0 Å². The van der Waals surface area contributed by atoms with Crippen LogP contribution in [0.4, 0.5) is 9.59 Å². The van der Waals surface area contributed by atoms with Gasteiger partial charge in [0, 0.05) is 36.2 Å². The number of rotatable bonds is 17. The molecule has 0 aliphatic heterocycles. The van der Waals surface area contributed by atoms with Crippen LogP contribution in [0, 0.1) is 0 Å². The maximum atomic E-state index is 12.7. The number of allylic oxidation sites excluding steroid dienone is 1. The van der Waals surface area contributed by atoms with E-state index in [1.165, 1.54) is 6.07 Å². The largest absolute Gasteiger partial charge is 0.445 e. The van der Waals surface area contributed by atoms with Crippen molar-refractivity contribution >= 4 is 29.7 Å². The summed E-state index contributed by atoms with van der Waals surface area (Å²) in [6.07, 6.45) is 0.128. The van der Waals surface area contributed by atoms with Crippen LogP contribution in [0.5, 0.6) is 0 Å². The zero-order chi connectivity index (χ0) is 30.3. The minimum atomic E-state index is -1.04. The normalized spacial score (nSPS) is 12.8. The summed E-state index contributed by atoms with van der Waals surface area (Å²) in [6, 6.07) is 4.92. The van der Waals surface area contributed by atoms with E-state index in [9.17, 15) is 24.0 Å². The Labute approximate surface area is 239 Å². The van der Waals surface area contributed by atoms with Crippen molar-refractivity contribution in [2.24, 2.45) is 5.73 Å². The molecule has 1 aromatic rings. The minimum Gasteiger partial charge on any atom is -0.445 e. The monoisotopic (exact) mass is 577 g/mol. The molecule has 1 aliphatic carbocycles. The van der Waals surface area contributed by atoms with Crippen LogP contribution < -0.4 is 16.4 Å². The van der Waals surface area contributed by atoms with Gasteiger partial charge in [-0.1, -0.05) is 18.2 Å². The molecule has 0 atom stereocenters. The van der Waals surface area contributed by atoms with Crippen molar-refractivity contribution in [2.45, 2.75) is 39.2 Å². The van der Waals surface area contributed by atoms with Crippen molar-refractivity contribution in [1.29, 1.82) is 0 Å². The van der Waals surface area contributed by atoms with Gasteiger partial charge in [-0.25, -0.2) is 9.59 Å². The first-order valence-electron chi connectivity index (χ1n) is 13.3. The molecule has 2 rings (SSSR count). The molecular weight excluding hydrogens is 538 g/mol. The number of hydrogen-bond acceptors (Lipinski definition) is 10. The number of primary amides is 1. The molecule has 4 N–H and O–H groups in total. The second-order valence-electron chi connectivity index (χ2n) is 9.93. The number of Topliss-reactive ketones (excluding diaryl/α,β-unsaturated/α-hetero) is 1. The van der Waals surface area contributed by atoms with Crippen molar-refractivity contribution in [2.75, 3.05) is 59.3 Å². The molecule has 3 amide bonds. The Morgan fingerprint density at radius 2 is 1.54 bits per heavy atom. The van der Waals surface area contributed by atoms with Gasteiger partial charge in [0.05, 0.1) is 39.6 Å². The van der Waals surface area contributed by atoms with E-state index < -0.39 is 23.6 Å². The van der Waals surface area contributed by atoms with E-state index in [4.69, 9.17) is 24.7 Å². The number of carbonyl (C=O) groups is 5. The van der Waals surface area contributed by atoms with Crippen LogP contribution in [0.3, 0.4) is 0 Å². The predicted molar refractivity (Wildman–Crippen MR) is 147 cm³/mol. The van der Waals surface area contributed by atoms with Crippen molar-refractivity contribution in [1.82, 2.24) is 10.6 Å². The van der Waals surface area contributed by atoms with E-state index >= 15 is 0 Å². The summed E-state index contributed by atoms with van der Waals surface area (Å²) in [5.74, 6) is -0.993. The van der Waals surface area contributed by atoms with Gasteiger partial charge in [-0.05, 0) is 38.8 Å². The second-order valence-corrected chi connectivity index (χ2v) is 9.93. The Morgan fingerprint density at radius 3 is 2.20 bits per heavy atom. The molecule has 13 nitrogen and oxygen atoms in total. The SMILES string of the molecule is CC(C)(C)OC(=O)NCCOCCOCCOCCC(=O)NCCc1cccc2c1C(=O)C=C(COC(N)=O)C2=O. The van der Waals surface area contributed by atoms with Gasteiger partial charge in [0.2, 0.25) is 5.91 Å². The summed E-state index contributed by atoms with van der Waals surface area (Å²) in [7, 11) is 0. The Bertz CT molecular complexity index is 1110. The number of nitrogens with one attached hydrogen (secondary N) is 2. The van der Waals surface area contributed by atoms with Crippen LogP contribution in [-0.4, -0.2) is 94.6 Å². The molecule has 0 unspecified atom stereocenters. The number of alkyl carbamates (subject to hydrolysis) is 1. The molecule has 0 bridgehead atoms. The molecule has 1 aromatic carbocycles. The Balaban J connectivity index is 1.54. The lowest BCUT2D eigenvalue weighted by molar-refractivity contribution is -0.122. The predicted octanol–water partition coefficient (Wildman–Crippen LogP) is 1.71. The minimum absolute atomic E-state index is 0.0511. The van der Waals surface area contributed by atoms with Gasteiger partial charge in [0.25, 0.3) is 0 Å². The highest BCUT2D eigenvalue weighted by molar-refractivity contribution is 6.25. The van der Waals surface area contributed by atoms with Crippen LogP contribution in [0.2, 0.25) is 0 Å². The van der Waals surface area contributed by atoms with E-state index in [-0.39, 0.29) is 54.6 Å². The molecule has 0 fully saturated rings. The Kier molecular flexibility index (Phi) is 13.9. The summed E-state index contributed by atoms with van der Waals surface area (Å²) in [6.45, 7) is 7.54. The molecule has 0 radical (unpaired) electrons. The van der Waals surface area contributed by atoms with Crippen molar-refractivity contribution in [3.05, 3.63) is 46.5 Å². The van der Waals surface area contributed by atoms with Crippen molar-refractivity contribution in [3.8, 4) is 0 Å². The Hall–Kier alpha value is -3.81. The summed E-state index contributed by atoms with van der Waals surface area (Å²) >= 11 is 0. The van der Waals surface area contributed by atoms with Gasteiger partial charge in [-0.2, -0.15) is 0 Å². The topological polar surface area (TPSA) is 182 Å². The molecule has 41 heavy (non-hydrogen) atoms. The number of ether oxygens (including phenoxy) is 5. The molecular formula is C28H39N3O10. The maximum absolute atomic E-state index is 12.7. The van der Waals surface area contributed by atoms with Crippen LogP contribution in [0.15, 0.2) is 29.8 Å². The van der Waals surface area contributed by atoms with E-state index in [0.29, 0.717) is 51.6 Å². The number of ketones is 2. The molecule has 0 spiro atoms. The lowest BCUT2D eigenvalue weighted by atomic mass is 9.86. The summed E-state index contributed by atoms with van der Waals surface area (Å²) in [5.41, 5.74) is 5.57. The number of amides is 3. The molecule has 1 aliphatic rings. The van der Waals surface area contributed by atoms with E-state index in [2.05, 4.69) is 15.4 Å². The van der Waals surface area contributed by atoms with Gasteiger partial charge in [0.1, 0.15) is 12.2 Å². The van der Waals surface area contributed by atoms with Crippen LogP contribution in [-0.2, 0) is 34.9 Å². The number of nitrogens with two attached hydrogens (primary N) is 1. The van der Waals surface area contributed by atoms with E-state index in [0.717, 1.165) is 6.08 Å². The highest BCUT2D eigenvalue weighted by Crippen LogP contribution is 2.25. The zero-order valence-corrected chi connectivity index (χ0v) is 23.7. The third kappa shape index (κ3) is 12.9. The fraction of sp³-hybridized carbons (Fsp3) is 0.536. The van der Waals surface area contributed by atoms with E-state index in [1.807, 2.05) is 0 Å². The summed E-state index contributed by atoms with van der Waals surface area (Å²) in [5, 5.41) is 5.37. The van der Waals surface area contributed by atoms with Crippen molar-refractivity contribution in [3.63, 3.8) is 0 Å². The molecule has 0 aromatic heterocycles. The quantitative estimate of drug-likeness (QED) is 0.231. The van der Waals surface area contributed by atoms with Crippen LogP contribution in [0.1, 0.15) is 53.5 Å². The lowest BCUT2D eigenvalue weighted by Gasteiger charge is -2.19. The van der Waals surface area contributed by atoms with Crippen LogP contribution >= 0.6 is 0 Å². The average molecular weight is 578 g/mol. The number of hydrogen-bond donors (Lipinski definition) is 3. The van der Waals surface area contributed by atoms with Gasteiger partial charge in [0.15, 0.2) is 11.6 Å². The number of benzene rings is 1. The molecule has 0 saturated carbocycles. The standard InChI is InChI=1S/C28H39N3O10/c1-28(2,3)41-27(36)31-10-12-38-14-16-39-15-13-37-11-8-23(33)30-9-7-19-5-4-6-21-24(19)22(32)17-20(25(21)34)18-40-26(29)35/h4-6,17H,7-16,18H2,1-3H3,(H2,29,35)(H,30,33)(H,31,36). The first-order valence-corrected chi connectivity index (χ1v) is 13.3. The summed E-state index contributed by atoms with van der Waals surface area (Å²) in [4.78, 5) is 59.8. The molecule has 13 heteroatoms. The summed E-state index contributed by atoms with van der Waals surface area (Å²) < 4.78 is 25.9. The Morgan fingerprint density at radius 1 is 0.878 bits per heavy atom. The first kappa shape index (κ1) is 33.4. The third-order valence-corrected chi connectivity index (χ3v) is 5.46. The maximum Gasteiger partial charge on any atom is 0.407 e. The third-order valence-electron chi connectivity index (χ3n) is 5.46. The lowest BCUT2D eigenvalue weighted by Crippen LogP contribution is -2.34. The average Bonchev–Trinajstić information content (AvgIpc) is 2.89. The van der Waals surface area contributed by atoms with Gasteiger partial charge >= 0.3 is 12.2 Å². The first-order chi connectivity index (χ1) is 19.5. The molecule has 0 saturated heterocycles. The number of carbonyl (C=O) groups excluding carboxylic acids is 5. The second kappa shape index (κ2) is 17.1. The molecule has 226 valence electrons. The fourth-order valence-electron chi connectivity index (χ4n) is 3.68. The smallest absolute Gasteiger partial charge is 0.407 e. The molecule has 0 heterocycles. The van der Waals surface area contributed by atoms with Gasteiger partial charge in [-0.3, -0.25) is 14.4 Å². The number of fused-ring (bicyclic) bond motifs is 1. The highest BCUT2D eigenvalue weighted by Gasteiger charge is 2.28. The van der Waals surface area contributed by atoms with Gasteiger partial charge in [-0.15, -0.1) is 0 Å². The fourth-order valence-corrected chi connectivity index (χ4v) is 3.68. The van der Waals surface area contributed by atoms with E-state index in [1.54, 1.807) is 32.9 Å². The zero-order valence-electron chi connectivity index (χ0n) is 23.7. The van der Waals surface area contributed by atoms with Crippen molar-refractivity contribution < 1.29 is 47.7 Å². The highest BCUT2D eigenvalue weighted by atomic mass is 16.6. The van der Waals surface area contributed by atoms with Gasteiger partial charge < -0.3 is 40.1 Å².